The highest BCUT2D eigenvalue weighted by Gasteiger charge is 2.08. The van der Waals surface area contributed by atoms with Crippen LogP contribution in [0.25, 0.3) is 21.8 Å². The lowest BCUT2D eigenvalue weighted by Gasteiger charge is -2.05. The summed E-state index contributed by atoms with van der Waals surface area (Å²) in [5.74, 6) is -0.125. The number of H-pyrrole nitrogens is 2. The van der Waals surface area contributed by atoms with E-state index < -0.39 is 0 Å². The third-order valence-corrected chi connectivity index (χ3v) is 3.72. The Hall–Kier alpha value is -3.08. The molecule has 0 atom stereocenters. The van der Waals surface area contributed by atoms with E-state index in [-0.39, 0.29) is 5.91 Å². The first kappa shape index (κ1) is 12.6. The first-order valence-corrected chi connectivity index (χ1v) is 7.03. The number of amides is 1. The fourth-order valence-corrected chi connectivity index (χ4v) is 2.64. The lowest BCUT2D eigenvalue weighted by atomic mass is 10.1. The first-order chi connectivity index (χ1) is 10.7. The Morgan fingerprint density at radius 1 is 1.05 bits per heavy atom. The minimum Gasteiger partial charge on any atom is -0.359 e. The number of carbonyl (C=O) groups is 1. The molecule has 0 fully saturated rings. The summed E-state index contributed by atoms with van der Waals surface area (Å²) < 4.78 is 0. The lowest BCUT2D eigenvalue weighted by Crippen LogP contribution is -2.11. The molecule has 0 spiro atoms. The minimum atomic E-state index is -0.125. The minimum absolute atomic E-state index is 0.125. The van der Waals surface area contributed by atoms with Crippen molar-refractivity contribution >= 4 is 33.4 Å². The normalized spacial score (nSPS) is 11.1. The Balaban J connectivity index is 1.64. The van der Waals surface area contributed by atoms with Crippen molar-refractivity contribution in [3.63, 3.8) is 0 Å². The molecule has 1 amide bonds. The number of hydrogen-bond acceptors (Lipinski definition) is 2. The molecule has 4 rings (SSSR count). The van der Waals surface area contributed by atoms with Crippen molar-refractivity contribution < 1.29 is 4.79 Å². The van der Waals surface area contributed by atoms with Crippen LogP contribution in [0.5, 0.6) is 0 Å². The van der Waals surface area contributed by atoms with Gasteiger partial charge in [-0.2, -0.15) is 5.10 Å². The molecule has 0 saturated carbocycles. The second-order valence-corrected chi connectivity index (χ2v) is 5.38. The maximum atomic E-state index is 12.4. The van der Waals surface area contributed by atoms with Gasteiger partial charge in [-0.1, -0.05) is 0 Å². The molecule has 0 aliphatic carbocycles. The highest BCUT2D eigenvalue weighted by Crippen LogP contribution is 2.20. The molecule has 5 heteroatoms. The quantitative estimate of drug-likeness (QED) is 0.527. The van der Waals surface area contributed by atoms with Crippen LogP contribution in [0.4, 0.5) is 5.69 Å². The molecule has 0 aliphatic rings. The Labute approximate surface area is 126 Å². The average molecular weight is 290 g/mol. The second kappa shape index (κ2) is 4.73. The molecule has 0 bridgehead atoms. The largest absolute Gasteiger partial charge is 0.359 e. The molecule has 2 heterocycles. The summed E-state index contributed by atoms with van der Waals surface area (Å²) in [5, 5.41) is 11.8. The number of nitrogens with one attached hydrogen (secondary N) is 3. The van der Waals surface area contributed by atoms with E-state index >= 15 is 0 Å². The van der Waals surface area contributed by atoms with Crippen molar-refractivity contribution in [2.75, 3.05) is 5.32 Å². The van der Waals surface area contributed by atoms with Gasteiger partial charge in [-0.15, -0.1) is 0 Å². The van der Waals surface area contributed by atoms with Crippen LogP contribution in [0.15, 0.2) is 48.7 Å². The van der Waals surface area contributed by atoms with Crippen LogP contribution >= 0.6 is 0 Å². The molecule has 2 aromatic carbocycles. The van der Waals surface area contributed by atoms with Crippen molar-refractivity contribution in [3.8, 4) is 0 Å². The molecule has 108 valence electrons. The molecule has 0 aliphatic heterocycles. The monoisotopic (exact) mass is 290 g/mol. The van der Waals surface area contributed by atoms with Gasteiger partial charge < -0.3 is 10.3 Å². The summed E-state index contributed by atoms with van der Waals surface area (Å²) in [6, 6.07) is 13.3. The maximum Gasteiger partial charge on any atom is 0.255 e. The van der Waals surface area contributed by atoms with Crippen LogP contribution in [-0.2, 0) is 0 Å². The molecule has 0 saturated heterocycles. The van der Waals surface area contributed by atoms with Gasteiger partial charge in [-0.3, -0.25) is 9.89 Å². The predicted octanol–water partition coefficient (Wildman–Crippen LogP) is 3.60. The standard InChI is InChI=1S/C17H14N4O/c1-10-6-13-7-11(3-5-15(13)19-10)17(22)20-14-4-2-12-9-18-21-16(12)8-14/h2-9,19H,1H3,(H,18,21)(H,20,22). The molecule has 22 heavy (non-hydrogen) atoms. The fraction of sp³-hybridized carbons (Fsp3) is 0.0588. The van der Waals surface area contributed by atoms with Gasteiger partial charge in [-0.25, -0.2) is 0 Å². The van der Waals surface area contributed by atoms with Crippen LogP contribution < -0.4 is 5.32 Å². The number of hydrogen-bond donors (Lipinski definition) is 3. The molecular formula is C17H14N4O. The Morgan fingerprint density at radius 2 is 1.95 bits per heavy atom. The molecule has 5 nitrogen and oxygen atoms in total. The van der Waals surface area contributed by atoms with Gasteiger partial charge in [0.05, 0.1) is 11.7 Å². The number of benzene rings is 2. The smallest absolute Gasteiger partial charge is 0.255 e. The van der Waals surface area contributed by atoms with Crippen molar-refractivity contribution in [1.29, 1.82) is 0 Å². The molecule has 0 unspecified atom stereocenters. The topological polar surface area (TPSA) is 73.6 Å². The molecular weight excluding hydrogens is 276 g/mol. The second-order valence-electron chi connectivity index (χ2n) is 5.38. The van der Waals surface area contributed by atoms with Crippen molar-refractivity contribution in [2.45, 2.75) is 6.92 Å². The van der Waals surface area contributed by atoms with Gasteiger partial charge in [0, 0.05) is 33.2 Å². The SMILES string of the molecule is Cc1cc2cc(C(=O)Nc3ccc4cn[nH]c4c3)ccc2[nH]1. The summed E-state index contributed by atoms with van der Waals surface area (Å²) in [7, 11) is 0. The highest BCUT2D eigenvalue weighted by molar-refractivity contribution is 6.06. The van der Waals surface area contributed by atoms with E-state index in [2.05, 4.69) is 20.5 Å². The zero-order chi connectivity index (χ0) is 15.1. The van der Waals surface area contributed by atoms with E-state index in [0.29, 0.717) is 5.56 Å². The van der Waals surface area contributed by atoms with E-state index in [1.807, 2.05) is 49.4 Å². The molecule has 2 aromatic heterocycles. The third kappa shape index (κ3) is 2.13. The van der Waals surface area contributed by atoms with Crippen LogP contribution in [0, 0.1) is 6.92 Å². The Morgan fingerprint density at radius 3 is 2.86 bits per heavy atom. The van der Waals surface area contributed by atoms with Crippen LogP contribution in [0.1, 0.15) is 16.1 Å². The molecule has 3 N–H and O–H groups in total. The summed E-state index contributed by atoms with van der Waals surface area (Å²) in [6.07, 6.45) is 1.75. The van der Waals surface area contributed by atoms with Gasteiger partial charge in [0.15, 0.2) is 0 Å². The number of aromatic amines is 2. The number of aromatic nitrogens is 3. The van der Waals surface area contributed by atoms with E-state index in [9.17, 15) is 4.79 Å². The van der Waals surface area contributed by atoms with Crippen molar-refractivity contribution in [3.05, 3.63) is 59.9 Å². The van der Waals surface area contributed by atoms with Gasteiger partial charge in [0.1, 0.15) is 0 Å². The molecule has 4 aromatic rings. The summed E-state index contributed by atoms with van der Waals surface area (Å²) in [4.78, 5) is 15.6. The van der Waals surface area contributed by atoms with E-state index in [0.717, 1.165) is 33.2 Å². The number of fused-ring (bicyclic) bond motifs is 2. The Kier molecular flexibility index (Phi) is 2.72. The third-order valence-electron chi connectivity index (χ3n) is 3.72. The summed E-state index contributed by atoms with van der Waals surface area (Å²) >= 11 is 0. The van der Waals surface area contributed by atoms with E-state index in [1.54, 1.807) is 6.20 Å². The fourth-order valence-electron chi connectivity index (χ4n) is 2.64. The Bertz CT molecular complexity index is 996. The van der Waals surface area contributed by atoms with E-state index in [1.165, 1.54) is 0 Å². The predicted molar refractivity (Wildman–Crippen MR) is 87.1 cm³/mol. The number of nitrogens with zero attached hydrogens (tertiary/aromatic N) is 1. The highest BCUT2D eigenvalue weighted by atomic mass is 16.1. The van der Waals surface area contributed by atoms with Crippen molar-refractivity contribution in [1.82, 2.24) is 15.2 Å². The summed E-state index contributed by atoms with van der Waals surface area (Å²) in [5.41, 5.74) is 4.39. The number of anilines is 1. The van der Waals surface area contributed by atoms with Crippen LogP contribution in [0.2, 0.25) is 0 Å². The first-order valence-electron chi connectivity index (χ1n) is 7.03. The van der Waals surface area contributed by atoms with Crippen LogP contribution in [-0.4, -0.2) is 21.1 Å². The van der Waals surface area contributed by atoms with E-state index in [4.69, 9.17) is 0 Å². The van der Waals surface area contributed by atoms with Gasteiger partial charge >= 0.3 is 0 Å². The number of rotatable bonds is 2. The summed E-state index contributed by atoms with van der Waals surface area (Å²) in [6.45, 7) is 2.00. The zero-order valence-electron chi connectivity index (χ0n) is 12.0. The van der Waals surface area contributed by atoms with Gasteiger partial charge in [-0.05, 0) is 49.4 Å². The van der Waals surface area contributed by atoms with Crippen molar-refractivity contribution in [2.24, 2.45) is 0 Å². The lowest BCUT2D eigenvalue weighted by molar-refractivity contribution is 0.102. The maximum absolute atomic E-state index is 12.4. The number of aryl methyl sites for hydroxylation is 1. The van der Waals surface area contributed by atoms with Crippen LogP contribution in [0.3, 0.4) is 0 Å². The molecule has 0 radical (unpaired) electrons. The average Bonchev–Trinajstić information content (AvgIpc) is 3.10. The van der Waals surface area contributed by atoms with Gasteiger partial charge in [0.2, 0.25) is 0 Å². The zero-order valence-corrected chi connectivity index (χ0v) is 12.0. The number of carbonyl (C=O) groups excluding carboxylic acids is 1. The van der Waals surface area contributed by atoms with Gasteiger partial charge in [0.25, 0.3) is 5.91 Å².